The Morgan fingerprint density at radius 3 is 2.16 bits per heavy atom. The van der Waals surface area contributed by atoms with Gasteiger partial charge in [-0.3, -0.25) is 0 Å². The highest BCUT2D eigenvalue weighted by molar-refractivity contribution is 5.82. The largest absolute Gasteiger partial charge is 0.458 e. The van der Waals surface area contributed by atoms with Gasteiger partial charge >= 0.3 is 12.1 Å². The van der Waals surface area contributed by atoms with E-state index in [1.807, 2.05) is 13.0 Å². The molecule has 0 aromatic heterocycles. The molecule has 1 rings (SSSR count). The number of rotatable bonds is 4. The molecule has 0 aliphatic heterocycles. The van der Waals surface area contributed by atoms with Gasteiger partial charge in [-0.1, -0.05) is 6.07 Å². The molecule has 0 aliphatic carbocycles. The molecular weight excluding hydrogens is 320 g/mol. The van der Waals surface area contributed by atoms with Crippen molar-refractivity contribution < 1.29 is 19.1 Å². The fraction of sp³-hybridized carbons (Fsp3) is 0.579. The number of nitrogens with one attached hydrogen (secondary N) is 1. The minimum atomic E-state index is -0.866. The van der Waals surface area contributed by atoms with Gasteiger partial charge in [0.2, 0.25) is 0 Å². The number of alkyl carbamates (subject to hydrolysis) is 1. The van der Waals surface area contributed by atoms with Gasteiger partial charge in [0.15, 0.2) is 0 Å². The molecule has 1 atom stereocenters. The number of aryl methyl sites for hydroxylation is 1. The zero-order chi connectivity index (χ0) is 19.4. The van der Waals surface area contributed by atoms with E-state index in [1.54, 1.807) is 53.7 Å². The van der Waals surface area contributed by atoms with Crippen LogP contribution >= 0.6 is 0 Å². The second-order valence-electron chi connectivity index (χ2n) is 8.12. The van der Waals surface area contributed by atoms with Gasteiger partial charge in [0.1, 0.15) is 17.2 Å². The molecule has 0 bridgehead atoms. The maximum absolute atomic E-state index is 12.5. The van der Waals surface area contributed by atoms with Crippen LogP contribution in [0.4, 0.5) is 10.5 Å². The lowest BCUT2D eigenvalue weighted by Crippen LogP contribution is -2.47. The van der Waals surface area contributed by atoms with Crippen molar-refractivity contribution in [2.45, 2.75) is 72.1 Å². The third-order valence-electron chi connectivity index (χ3n) is 3.18. The Hall–Kier alpha value is -2.24. The van der Waals surface area contributed by atoms with E-state index in [-0.39, 0.29) is 6.42 Å². The number of anilines is 1. The average Bonchev–Trinajstić information content (AvgIpc) is 2.38. The van der Waals surface area contributed by atoms with E-state index in [0.29, 0.717) is 5.69 Å². The fourth-order valence-electron chi connectivity index (χ4n) is 2.15. The highest BCUT2D eigenvalue weighted by Gasteiger charge is 2.29. The average molecular weight is 350 g/mol. The topological polar surface area (TPSA) is 90.6 Å². The predicted molar refractivity (Wildman–Crippen MR) is 98.3 cm³/mol. The lowest BCUT2D eigenvalue weighted by Gasteiger charge is -2.26. The molecule has 0 aliphatic rings. The smallest absolute Gasteiger partial charge is 0.408 e. The van der Waals surface area contributed by atoms with E-state index >= 15 is 0 Å². The van der Waals surface area contributed by atoms with Crippen LogP contribution in [0.2, 0.25) is 0 Å². The summed E-state index contributed by atoms with van der Waals surface area (Å²) in [5, 5.41) is 2.61. The summed E-state index contributed by atoms with van der Waals surface area (Å²) in [4.78, 5) is 24.7. The standard InChI is InChI=1S/C19H30N2O4/c1-12-8-9-14(20)10-13(12)11-15(16(22)24-18(2,3)4)21-17(23)25-19(5,6)7/h8-10,15H,11,20H2,1-7H3,(H,21,23). The Morgan fingerprint density at radius 1 is 1.08 bits per heavy atom. The number of carbonyl (C=O) groups excluding carboxylic acids is 2. The number of esters is 1. The van der Waals surface area contributed by atoms with Crippen molar-refractivity contribution >= 4 is 17.7 Å². The second kappa shape index (κ2) is 7.76. The molecule has 0 radical (unpaired) electrons. The van der Waals surface area contributed by atoms with Crippen molar-refractivity contribution in [3.8, 4) is 0 Å². The monoisotopic (exact) mass is 350 g/mol. The van der Waals surface area contributed by atoms with Gasteiger partial charge in [0, 0.05) is 12.1 Å². The van der Waals surface area contributed by atoms with Crippen LogP contribution < -0.4 is 11.1 Å². The van der Waals surface area contributed by atoms with E-state index in [0.717, 1.165) is 11.1 Å². The van der Waals surface area contributed by atoms with Gasteiger partial charge in [-0.15, -0.1) is 0 Å². The number of carbonyl (C=O) groups is 2. The van der Waals surface area contributed by atoms with E-state index in [1.165, 1.54) is 0 Å². The maximum atomic E-state index is 12.5. The lowest BCUT2D eigenvalue weighted by molar-refractivity contribution is -0.157. The number of nitrogens with two attached hydrogens (primary N) is 1. The first-order valence-electron chi connectivity index (χ1n) is 8.34. The summed E-state index contributed by atoms with van der Waals surface area (Å²) in [6.45, 7) is 12.5. The lowest BCUT2D eigenvalue weighted by atomic mass is 10.00. The van der Waals surface area contributed by atoms with E-state index in [9.17, 15) is 9.59 Å². The number of nitrogen functional groups attached to an aromatic ring is 1. The van der Waals surface area contributed by atoms with E-state index in [2.05, 4.69) is 5.32 Å². The summed E-state index contributed by atoms with van der Waals surface area (Å²) in [5.74, 6) is -0.514. The summed E-state index contributed by atoms with van der Waals surface area (Å²) in [5.41, 5.74) is 6.97. The first-order valence-corrected chi connectivity index (χ1v) is 8.34. The number of hydrogen-bond acceptors (Lipinski definition) is 5. The zero-order valence-electron chi connectivity index (χ0n) is 16.2. The Labute approximate surface area is 150 Å². The fourth-order valence-corrected chi connectivity index (χ4v) is 2.15. The van der Waals surface area contributed by atoms with Crippen molar-refractivity contribution in [2.75, 3.05) is 5.73 Å². The summed E-state index contributed by atoms with van der Waals surface area (Å²) in [6.07, 6.45) is -0.393. The van der Waals surface area contributed by atoms with Gasteiger partial charge < -0.3 is 20.5 Å². The van der Waals surface area contributed by atoms with Gasteiger partial charge in [-0.05, 0) is 71.7 Å². The van der Waals surface area contributed by atoms with E-state index in [4.69, 9.17) is 15.2 Å². The van der Waals surface area contributed by atoms with Crippen molar-refractivity contribution in [3.63, 3.8) is 0 Å². The van der Waals surface area contributed by atoms with Crippen LogP contribution in [0.5, 0.6) is 0 Å². The van der Waals surface area contributed by atoms with Gasteiger partial charge in [-0.2, -0.15) is 0 Å². The highest BCUT2D eigenvalue weighted by Crippen LogP contribution is 2.17. The van der Waals surface area contributed by atoms with Crippen LogP contribution in [0, 0.1) is 6.92 Å². The molecule has 0 fully saturated rings. The molecule has 1 amide bonds. The van der Waals surface area contributed by atoms with Crippen LogP contribution in [0.25, 0.3) is 0 Å². The minimum absolute atomic E-state index is 0.269. The predicted octanol–water partition coefficient (Wildman–Crippen LogP) is 3.35. The van der Waals surface area contributed by atoms with Crippen LogP contribution in [0.3, 0.4) is 0 Å². The van der Waals surface area contributed by atoms with Crippen LogP contribution in [-0.4, -0.2) is 29.3 Å². The summed E-state index contributed by atoms with van der Waals surface area (Å²) in [7, 11) is 0. The quantitative estimate of drug-likeness (QED) is 0.642. The van der Waals surface area contributed by atoms with Crippen molar-refractivity contribution in [1.29, 1.82) is 0 Å². The first-order chi connectivity index (χ1) is 11.3. The first kappa shape index (κ1) is 20.8. The Kier molecular flexibility index (Phi) is 6.46. The van der Waals surface area contributed by atoms with Gasteiger partial charge in [0.25, 0.3) is 0 Å². The van der Waals surface area contributed by atoms with Gasteiger partial charge in [0.05, 0.1) is 0 Å². The second-order valence-corrected chi connectivity index (χ2v) is 8.12. The number of benzene rings is 1. The van der Waals surface area contributed by atoms with Crippen molar-refractivity contribution in [3.05, 3.63) is 29.3 Å². The molecule has 0 saturated heterocycles. The Morgan fingerprint density at radius 2 is 1.64 bits per heavy atom. The van der Waals surface area contributed by atoms with Crippen molar-refractivity contribution in [1.82, 2.24) is 5.32 Å². The molecule has 1 aromatic carbocycles. The Bertz CT molecular complexity index is 627. The third-order valence-corrected chi connectivity index (χ3v) is 3.18. The summed E-state index contributed by atoms with van der Waals surface area (Å²) < 4.78 is 10.7. The number of ether oxygens (including phenoxy) is 2. The summed E-state index contributed by atoms with van der Waals surface area (Å²) >= 11 is 0. The molecule has 0 spiro atoms. The van der Waals surface area contributed by atoms with Crippen molar-refractivity contribution in [2.24, 2.45) is 0 Å². The highest BCUT2D eigenvalue weighted by atomic mass is 16.6. The molecule has 3 N–H and O–H groups in total. The molecular formula is C19H30N2O4. The zero-order valence-corrected chi connectivity index (χ0v) is 16.2. The normalized spacial score (nSPS) is 13.1. The SMILES string of the molecule is Cc1ccc(N)cc1CC(NC(=O)OC(C)(C)C)C(=O)OC(C)(C)C. The number of hydrogen-bond donors (Lipinski definition) is 2. The third kappa shape index (κ3) is 7.92. The van der Waals surface area contributed by atoms with E-state index < -0.39 is 29.3 Å². The maximum Gasteiger partial charge on any atom is 0.408 e. The molecule has 1 aromatic rings. The van der Waals surface area contributed by atoms with Crippen LogP contribution in [0.15, 0.2) is 18.2 Å². The van der Waals surface area contributed by atoms with Gasteiger partial charge in [-0.25, -0.2) is 9.59 Å². The molecule has 6 nitrogen and oxygen atoms in total. The molecule has 140 valence electrons. The Balaban J connectivity index is 3.00. The number of amides is 1. The molecule has 6 heteroatoms. The van der Waals surface area contributed by atoms with Crippen LogP contribution in [0.1, 0.15) is 52.7 Å². The molecule has 0 saturated carbocycles. The summed E-state index contributed by atoms with van der Waals surface area (Å²) in [6, 6.07) is 4.60. The van der Waals surface area contributed by atoms with Crippen LogP contribution in [-0.2, 0) is 20.7 Å². The molecule has 1 unspecified atom stereocenters. The minimum Gasteiger partial charge on any atom is -0.458 e. The molecule has 25 heavy (non-hydrogen) atoms. The molecule has 0 heterocycles.